The highest BCUT2D eigenvalue weighted by Gasteiger charge is 2.12. The van der Waals surface area contributed by atoms with E-state index in [4.69, 9.17) is 11.5 Å². The normalized spacial score (nSPS) is 9.86. The van der Waals surface area contributed by atoms with Gasteiger partial charge in [0.15, 0.2) is 0 Å². The number of pyridine rings is 1. The molecule has 0 aromatic carbocycles. The number of anilines is 1. The van der Waals surface area contributed by atoms with Gasteiger partial charge < -0.3 is 21.2 Å². The predicted molar refractivity (Wildman–Crippen MR) is 50.7 cm³/mol. The highest BCUT2D eigenvalue weighted by Crippen LogP contribution is 2.08. The van der Waals surface area contributed by atoms with E-state index >= 15 is 0 Å². The zero-order chi connectivity index (χ0) is 10.7. The van der Waals surface area contributed by atoms with Crippen molar-refractivity contribution in [3.05, 3.63) is 27.5 Å². The number of methoxy groups -OCH3 is 1. The first kappa shape index (κ1) is 10.3. The largest absolute Gasteiger partial charge is 0.465 e. The summed E-state index contributed by atoms with van der Waals surface area (Å²) in [6.45, 7) is 0.0413. The fraction of sp³-hybridized carbons (Fsp3) is 0.250. The number of hydrogen-bond donors (Lipinski definition) is 3. The highest BCUT2D eigenvalue weighted by molar-refractivity contribution is 5.94. The van der Waals surface area contributed by atoms with Crippen LogP contribution in [0.4, 0.5) is 5.82 Å². The number of rotatable bonds is 2. The molecule has 0 amide bonds. The van der Waals surface area contributed by atoms with Gasteiger partial charge in [0, 0.05) is 12.1 Å². The first-order chi connectivity index (χ1) is 6.60. The maximum absolute atomic E-state index is 11.2. The molecule has 0 aliphatic heterocycles. The Morgan fingerprint density at radius 1 is 1.64 bits per heavy atom. The fourth-order valence-corrected chi connectivity index (χ4v) is 1.02. The molecule has 0 aliphatic rings. The molecule has 1 aromatic heterocycles. The Labute approximate surface area is 79.9 Å². The van der Waals surface area contributed by atoms with E-state index < -0.39 is 11.5 Å². The molecule has 0 bridgehead atoms. The number of ether oxygens (including phenoxy) is 1. The average molecular weight is 197 g/mol. The van der Waals surface area contributed by atoms with E-state index in [-0.39, 0.29) is 17.9 Å². The zero-order valence-electron chi connectivity index (χ0n) is 7.66. The van der Waals surface area contributed by atoms with Gasteiger partial charge in [0.05, 0.1) is 7.11 Å². The number of H-pyrrole nitrogens is 1. The van der Waals surface area contributed by atoms with Crippen molar-refractivity contribution in [1.29, 1.82) is 0 Å². The van der Waals surface area contributed by atoms with Crippen LogP contribution in [0.3, 0.4) is 0 Å². The van der Waals surface area contributed by atoms with E-state index in [1.54, 1.807) is 0 Å². The Morgan fingerprint density at radius 2 is 2.29 bits per heavy atom. The molecular weight excluding hydrogens is 186 g/mol. The maximum atomic E-state index is 11.2. The number of nitrogen functional groups attached to an aromatic ring is 1. The number of esters is 1. The lowest BCUT2D eigenvalue weighted by atomic mass is 10.2. The van der Waals surface area contributed by atoms with Gasteiger partial charge in [-0.2, -0.15) is 0 Å². The lowest BCUT2D eigenvalue weighted by Crippen LogP contribution is -2.20. The fourth-order valence-electron chi connectivity index (χ4n) is 1.02. The third-order valence-electron chi connectivity index (χ3n) is 1.77. The summed E-state index contributed by atoms with van der Waals surface area (Å²) >= 11 is 0. The molecule has 1 heterocycles. The molecule has 0 radical (unpaired) electrons. The Hall–Kier alpha value is -1.82. The van der Waals surface area contributed by atoms with E-state index in [1.165, 1.54) is 13.2 Å². The summed E-state index contributed by atoms with van der Waals surface area (Å²) in [6, 6.07) is 1.33. The summed E-state index contributed by atoms with van der Waals surface area (Å²) in [5.41, 5.74) is 10.7. The van der Waals surface area contributed by atoms with Gasteiger partial charge in [-0.25, -0.2) is 4.79 Å². The Kier molecular flexibility index (Phi) is 2.88. The van der Waals surface area contributed by atoms with Crippen LogP contribution >= 0.6 is 0 Å². The summed E-state index contributed by atoms with van der Waals surface area (Å²) in [4.78, 5) is 24.6. The second kappa shape index (κ2) is 3.93. The van der Waals surface area contributed by atoms with Crippen LogP contribution in [0.2, 0.25) is 0 Å². The van der Waals surface area contributed by atoms with Crippen molar-refractivity contribution in [3.8, 4) is 0 Å². The predicted octanol–water partition coefficient (Wildman–Crippen LogP) is -0.798. The lowest BCUT2D eigenvalue weighted by Gasteiger charge is -2.04. The summed E-state index contributed by atoms with van der Waals surface area (Å²) in [6.07, 6.45) is 0. The molecule has 14 heavy (non-hydrogen) atoms. The third kappa shape index (κ3) is 1.74. The summed E-state index contributed by atoms with van der Waals surface area (Å²) in [5, 5.41) is 0. The van der Waals surface area contributed by atoms with Crippen molar-refractivity contribution in [1.82, 2.24) is 4.98 Å². The summed E-state index contributed by atoms with van der Waals surface area (Å²) < 4.78 is 4.47. The standard InChI is InChI=1S/C8H11N3O3/c1-14-8(13)5-2-4(3-9)7(12)11-6(5)10/h2H,3,9H2,1H3,(H3,10,11,12). The first-order valence-corrected chi connectivity index (χ1v) is 3.90. The minimum Gasteiger partial charge on any atom is -0.465 e. The van der Waals surface area contributed by atoms with Crippen molar-refractivity contribution < 1.29 is 9.53 Å². The number of aromatic nitrogens is 1. The third-order valence-corrected chi connectivity index (χ3v) is 1.77. The van der Waals surface area contributed by atoms with Crippen molar-refractivity contribution in [2.45, 2.75) is 6.54 Å². The van der Waals surface area contributed by atoms with Gasteiger partial charge >= 0.3 is 5.97 Å². The molecule has 0 atom stereocenters. The number of hydrogen-bond acceptors (Lipinski definition) is 5. The van der Waals surface area contributed by atoms with Crippen LogP contribution in [0.1, 0.15) is 15.9 Å². The average Bonchev–Trinajstić information content (AvgIpc) is 2.17. The van der Waals surface area contributed by atoms with Crippen LogP contribution in [-0.2, 0) is 11.3 Å². The molecule has 0 saturated carbocycles. The summed E-state index contributed by atoms with van der Waals surface area (Å²) in [7, 11) is 1.23. The molecule has 0 unspecified atom stereocenters. The van der Waals surface area contributed by atoms with Crippen molar-refractivity contribution >= 4 is 11.8 Å². The van der Waals surface area contributed by atoms with E-state index in [0.717, 1.165) is 0 Å². The highest BCUT2D eigenvalue weighted by atomic mass is 16.5. The van der Waals surface area contributed by atoms with Crippen LogP contribution in [0.25, 0.3) is 0 Å². The van der Waals surface area contributed by atoms with Gasteiger partial charge in [0.1, 0.15) is 11.4 Å². The van der Waals surface area contributed by atoms with E-state index in [2.05, 4.69) is 9.72 Å². The van der Waals surface area contributed by atoms with Gasteiger partial charge in [-0.1, -0.05) is 0 Å². The van der Waals surface area contributed by atoms with E-state index in [9.17, 15) is 9.59 Å². The Balaban J connectivity index is 3.31. The van der Waals surface area contributed by atoms with E-state index in [1.807, 2.05) is 0 Å². The second-order valence-electron chi connectivity index (χ2n) is 2.65. The van der Waals surface area contributed by atoms with Crippen LogP contribution < -0.4 is 17.0 Å². The topological polar surface area (TPSA) is 111 Å². The SMILES string of the molecule is COC(=O)c1cc(CN)c(=O)[nH]c1N. The first-order valence-electron chi connectivity index (χ1n) is 3.90. The van der Waals surface area contributed by atoms with Crippen LogP contribution in [0.5, 0.6) is 0 Å². The molecule has 1 aromatic rings. The molecule has 6 heteroatoms. The van der Waals surface area contributed by atoms with Gasteiger partial charge in [-0.05, 0) is 6.07 Å². The molecule has 0 saturated heterocycles. The smallest absolute Gasteiger partial charge is 0.341 e. The van der Waals surface area contributed by atoms with Crippen LogP contribution in [0, 0.1) is 0 Å². The number of aromatic amines is 1. The van der Waals surface area contributed by atoms with Gasteiger partial charge in [0.2, 0.25) is 0 Å². The number of nitrogens with two attached hydrogens (primary N) is 2. The van der Waals surface area contributed by atoms with Crippen molar-refractivity contribution in [2.75, 3.05) is 12.8 Å². The van der Waals surface area contributed by atoms with Gasteiger partial charge in [0.25, 0.3) is 5.56 Å². The minimum atomic E-state index is -0.603. The number of carbonyl (C=O) groups is 1. The lowest BCUT2D eigenvalue weighted by molar-refractivity contribution is 0.0601. The second-order valence-corrected chi connectivity index (χ2v) is 2.65. The quantitative estimate of drug-likeness (QED) is 0.537. The van der Waals surface area contributed by atoms with Crippen molar-refractivity contribution in [3.63, 3.8) is 0 Å². The maximum Gasteiger partial charge on any atom is 0.341 e. The van der Waals surface area contributed by atoms with Crippen LogP contribution in [-0.4, -0.2) is 18.1 Å². The Bertz CT molecular complexity index is 411. The molecule has 5 N–H and O–H groups in total. The van der Waals surface area contributed by atoms with Gasteiger partial charge in [-0.15, -0.1) is 0 Å². The zero-order valence-corrected chi connectivity index (χ0v) is 7.66. The molecule has 0 fully saturated rings. The number of carbonyl (C=O) groups excluding carboxylic acids is 1. The van der Waals surface area contributed by atoms with Gasteiger partial charge in [-0.3, -0.25) is 4.79 Å². The molecule has 0 spiro atoms. The number of nitrogens with one attached hydrogen (secondary N) is 1. The van der Waals surface area contributed by atoms with Crippen molar-refractivity contribution in [2.24, 2.45) is 5.73 Å². The monoisotopic (exact) mass is 197 g/mol. The summed E-state index contributed by atoms with van der Waals surface area (Å²) in [5.74, 6) is -0.618. The Morgan fingerprint density at radius 3 is 2.79 bits per heavy atom. The molecular formula is C8H11N3O3. The van der Waals surface area contributed by atoms with E-state index in [0.29, 0.717) is 5.56 Å². The molecule has 6 nitrogen and oxygen atoms in total. The van der Waals surface area contributed by atoms with Crippen LogP contribution in [0.15, 0.2) is 10.9 Å². The molecule has 1 rings (SSSR count). The molecule has 0 aliphatic carbocycles. The minimum absolute atomic E-state index is 0.0148. The molecule has 76 valence electrons.